The number of ether oxygens (including phenoxy) is 1. The standard InChI is InChI=1S/C28H26N4O4/c29-22-10-9-17(14-26(22)36-12-11-18-15-30-23-7-3-1-5-20(18)23)27(33)32-25(28(34)35)13-19-16-31-24-8-4-2-6-21(19)24/h1-10,14-16,25,30-31H,11-13,29H2,(H,32,33)(H,34,35)/t25-/m0/s1. The van der Waals surface area contributed by atoms with Gasteiger partial charge in [-0.15, -0.1) is 0 Å². The van der Waals surface area contributed by atoms with Crippen molar-refractivity contribution in [3.05, 3.63) is 95.8 Å². The average Bonchev–Trinajstić information content (AvgIpc) is 3.49. The molecule has 1 atom stereocenters. The van der Waals surface area contributed by atoms with Gasteiger partial charge in [0.15, 0.2) is 0 Å². The summed E-state index contributed by atoms with van der Waals surface area (Å²) in [4.78, 5) is 31.2. The number of fused-ring (bicyclic) bond motifs is 2. The number of hydrogen-bond donors (Lipinski definition) is 5. The molecule has 3 aromatic carbocycles. The van der Waals surface area contributed by atoms with Crippen LogP contribution in [0, 0.1) is 0 Å². The maximum absolute atomic E-state index is 12.9. The van der Waals surface area contributed by atoms with Crippen LogP contribution in [0.2, 0.25) is 0 Å². The Morgan fingerprint density at radius 2 is 1.56 bits per heavy atom. The van der Waals surface area contributed by atoms with Crippen molar-refractivity contribution in [1.29, 1.82) is 0 Å². The third kappa shape index (κ3) is 4.74. The van der Waals surface area contributed by atoms with E-state index in [4.69, 9.17) is 10.5 Å². The van der Waals surface area contributed by atoms with Crippen LogP contribution in [0.15, 0.2) is 79.1 Å². The van der Waals surface area contributed by atoms with Crippen LogP contribution in [0.1, 0.15) is 21.5 Å². The number of rotatable bonds is 9. The van der Waals surface area contributed by atoms with E-state index in [-0.39, 0.29) is 12.0 Å². The summed E-state index contributed by atoms with van der Waals surface area (Å²) in [6.07, 6.45) is 4.54. The predicted octanol–water partition coefficient (Wildman–Crippen LogP) is 4.28. The molecule has 0 saturated carbocycles. The van der Waals surface area contributed by atoms with Gasteiger partial charge in [-0.05, 0) is 41.5 Å². The number of carboxylic acid groups (broad SMARTS) is 1. The number of aliphatic carboxylic acids is 1. The molecule has 0 saturated heterocycles. The van der Waals surface area contributed by atoms with Crippen molar-refractivity contribution in [1.82, 2.24) is 15.3 Å². The van der Waals surface area contributed by atoms with Gasteiger partial charge < -0.3 is 30.9 Å². The Hall–Kier alpha value is -4.72. The summed E-state index contributed by atoms with van der Waals surface area (Å²) >= 11 is 0. The lowest BCUT2D eigenvalue weighted by Crippen LogP contribution is -2.42. The zero-order valence-corrected chi connectivity index (χ0v) is 19.5. The van der Waals surface area contributed by atoms with Gasteiger partial charge in [-0.1, -0.05) is 36.4 Å². The van der Waals surface area contributed by atoms with Gasteiger partial charge in [0.1, 0.15) is 11.8 Å². The number of carbonyl (C=O) groups excluding carboxylic acids is 1. The van der Waals surface area contributed by atoms with Crippen molar-refractivity contribution in [2.24, 2.45) is 0 Å². The summed E-state index contributed by atoms with van der Waals surface area (Å²) in [5.74, 6) is -1.24. The molecule has 6 N–H and O–H groups in total. The number of amides is 1. The second kappa shape index (κ2) is 9.87. The van der Waals surface area contributed by atoms with Crippen LogP contribution in [-0.2, 0) is 17.6 Å². The molecule has 0 radical (unpaired) electrons. The average molecular weight is 483 g/mol. The number of H-pyrrole nitrogens is 2. The fourth-order valence-electron chi connectivity index (χ4n) is 4.37. The Morgan fingerprint density at radius 3 is 2.25 bits per heavy atom. The first-order valence-corrected chi connectivity index (χ1v) is 11.7. The van der Waals surface area contributed by atoms with Crippen LogP contribution in [0.3, 0.4) is 0 Å². The van der Waals surface area contributed by atoms with Crippen LogP contribution in [0.25, 0.3) is 21.8 Å². The minimum absolute atomic E-state index is 0.147. The minimum atomic E-state index is -1.11. The molecule has 2 aromatic heterocycles. The number of hydrogen-bond acceptors (Lipinski definition) is 4. The highest BCUT2D eigenvalue weighted by atomic mass is 16.5. The van der Waals surface area contributed by atoms with Gasteiger partial charge in [0.05, 0.1) is 12.3 Å². The molecule has 8 heteroatoms. The van der Waals surface area contributed by atoms with Gasteiger partial charge in [0.25, 0.3) is 5.91 Å². The van der Waals surface area contributed by atoms with Crippen LogP contribution >= 0.6 is 0 Å². The second-order valence-electron chi connectivity index (χ2n) is 8.64. The highest BCUT2D eigenvalue weighted by Crippen LogP contribution is 2.25. The molecule has 0 bridgehead atoms. The Kier molecular flexibility index (Phi) is 6.32. The molecule has 0 unspecified atom stereocenters. The maximum atomic E-state index is 12.9. The summed E-state index contributed by atoms with van der Waals surface area (Å²) in [5.41, 5.74) is 10.7. The third-order valence-corrected chi connectivity index (χ3v) is 6.28. The van der Waals surface area contributed by atoms with E-state index in [0.717, 1.165) is 32.9 Å². The van der Waals surface area contributed by atoms with E-state index in [0.29, 0.717) is 24.5 Å². The van der Waals surface area contributed by atoms with Crippen molar-refractivity contribution in [2.45, 2.75) is 18.9 Å². The molecular weight excluding hydrogens is 456 g/mol. The normalized spacial score (nSPS) is 12.0. The molecule has 182 valence electrons. The lowest BCUT2D eigenvalue weighted by molar-refractivity contribution is -0.139. The number of benzene rings is 3. The van der Waals surface area contributed by atoms with E-state index >= 15 is 0 Å². The highest BCUT2D eigenvalue weighted by Gasteiger charge is 2.23. The molecule has 0 aliphatic heterocycles. The number of nitrogen functional groups attached to an aromatic ring is 1. The monoisotopic (exact) mass is 482 g/mol. The van der Waals surface area contributed by atoms with E-state index in [1.54, 1.807) is 24.4 Å². The van der Waals surface area contributed by atoms with E-state index in [9.17, 15) is 14.7 Å². The molecule has 0 aliphatic rings. The Balaban J connectivity index is 1.26. The molecular formula is C28H26N4O4. The fraction of sp³-hybridized carbons (Fsp3) is 0.143. The van der Waals surface area contributed by atoms with Crippen molar-refractivity contribution >= 4 is 39.4 Å². The minimum Gasteiger partial charge on any atom is -0.491 e. The lowest BCUT2D eigenvalue weighted by atomic mass is 10.0. The number of para-hydroxylation sites is 2. The number of nitrogens with one attached hydrogen (secondary N) is 3. The van der Waals surface area contributed by atoms with Gasteiger partial charge in [-0.2, -0.15) is 0 Å². The van der Waals surface area contributed by atoms with Crippen molar-refractivity contribution < 1.29 is 19.4 Å². The summed E-state index contributed by atoms with van der Waals surface area (Å²) in [7, 11) is 0. The van der Waals surface area contributed by atoms with E-state index < -0.39 is 17.9 Å². The number of nitrogens with two attached hydrogens (primary N) is 1. The van der Waals surface area contributed by atoms with Crippen molar-refractivity contribution in [2.75, 3.05) is 12.3 Å². The zero-order chi connectivity index (χ0) is 25.1. The van der Waals surface area contributed by atoms with Gasteiger partial charge in [0, 0.05) is 52.6 Å². The lowest BCUT2D eigenvalue weighted by Gasteiger charge is -2.15. The van der Waals surface area contributed by atoms with Gasteiger partial charge >= 0.3 is 5.97 Å². The topological polar surface area (TPSA) is 133 Å². The number of anilines is 1. The van der Waals surface area contributed by atoms with Gasteiger partial charge in [-0.25, -0.2) is 4.79 Å². The fourth-order valence-corrected chi connectivity index (χ4v) is 4.37. The summed E-state index contributed by atoms with van der Waals surface area (Å²) in [6, 6.07) is 19.3. The van der Waals surface area contributed by atoms with Crippen molar-refractivity contribution in [3.8, 4) is 5.75 Å². The first-order chi connectivity index (χ1) is 17.5. The quantitative estimate of drug-likeness (QED) is 0.200. The summed E-state index contributed by atoms with van der Waals surface area (Å²) < 4.78 is 5.90. The summed E-state index contributed by atoms with van der Waals surface area (Å²) in [6.45, 7) is 0.370. The Bertz CT molecular complexity index is 1550. The molecule has 8 nitrogen and oxygen atoms in total. The van der Waals surface area contributed by atoms with Crippen molar-refractivity contribution in [3.63, 3.8) is 0 Å². The second-order valence-corrected chi connectivity index (χ2v) is 8.64. The highest BCUT2D eigenvalue weighted by molar-refractivity contribution is 5.97. The predicted molar refractivity (Wildman–Crippen MR) is 139 cm³/mol. The molecule has 1 amide bonds. The SMILES string of the molecule is Nc1ccc(C(=O)N[C@@H](Cc2c[nH]c3ccccc23)C(=O)O)cc1OCCc1c[nH]c2ccccc12. The first kappa shape index (κ1) is 23.0. The number of aromatic nitrogens is 2. The van der Waals surface area contributed by atoms with Crippen LogP contribution in [-0.4, -0.2) is 39.6 Å². The molecule has 0 spiro atoms. The summed E-state index contributed by atoms with van der Waals surface area (Å²) in [5, 5.41) is 14.4. The van der Waals surface area contributed by atoms with E-state index in [1.165, 1.54) is 0 Å². The first-order valence-electron chi connectivity index (χ1n) is 11.7. The number of aromatic amines is 2. The molecule has 5 rings (SSSR count). The molecule has 5 aromatic rings. The molecule has 36 heavy (non-hydrogen) atoms. The van der Waals surface area contributed by atoms with Crippen LogP contribution < -0.4 is 15.8 Å². The maximum Gasteiger partial charge on any atom is 0.326 e. The Morgan fingerprint density at radius 1 is 0.917 bits per heavy atom. The largest absolute Gasteiger partial charge is 0.491 e. The molecule has 2 heterocycles. The number of carbonyl (C=O) groups is 2. The van der Waals surface area contributed by atoms with Gasteiger partial charge in [0.2, 0.25) is 0 Å². The zero-order valence-electron chi connectivity index (χ0n) is 19.5. The van der Waals surface area contributed by atoms with Gasteiger partial charge in [-0.3, -0.25) is 4.79 Å². The molecule has 0 aliphatic carbocycles. The Labute approximate surface area is 207 Å². The van der Waals surface area contributed by atoms with E-state index in [2.05, 4.69) is 21.4 Å². The van der Waals surface area contributed by atoms with Crippen LogP contribution in [0.5, 0.6) is 5.75 Å². The molecule has 0 fully saturated rings. The third-order valence-electron chi connectivity index (χ3n) is 6.28. The van der Waals surface area contributed by atoms with E-state index in [1.807, 2.05) is 48.7 Å². The number of carboxylic acids is 1. The van der Waals surface area contributed by atoms with Crippen LogP contribution in [0.4, 0.5) is 5.69 Å². The smallest absolute Gasteiger partial charge is 0.326 e.